The van der Waals surface area contributed by atoms with E-state index >= 15 is 0 Å². The highest BCUT2D eigenvalue weighted by molar-refractivity contribution is 5.94. The largest absolute Gasteiger partial charge is 0.468 e. The Morgan fingerprint density at radius 1 is 1.30 bits per heavy atom. The first-order chi connectivity index (χ1) is 11.3. The van der Waals surface area contributed by atoms with E-state index in [2.05, 4.69) is 16.3 Å². The Labute approximate surface area is 135 Å². The maximum absolute atomic E-state index is 12.3. The molecule has 0 bridgehead atoms. The monoisotopic (exact) mass is 309 g/mol. The lowest BCUT2D eigenvalue weighted by Gasteiger charge is -2.26. The van der Waals surface area contributed by atoms with Crippen LogP contribution in [0.4, 0.5) is 0 Å². The van der Waals surface area contributed by atoms with Crippen LogP contribution >= 0.6 is 0 Å². The molecular weight excluding hydrogens is 290 g/mol. The van der Waals surface area contributed by atoms with Crippen molar-refractivity contribution >= 4 is 5.91 Å². The molecule has 1 aromatic carbocycles. The van der Waals surface area contributed by atoms with Crippen LogP contribution in [0, 0.1) is 11.3 Å². The molecule has 1 N–H and O–H groups in total. The normalized spacial score (nSPS) is 16.0. The molecule has 5 nitrogen and oxygen atoms in total. The average molecular weight is 309 g/mol. The van der Waals surface area contributed by atoms with Crippen molar-refractivity contribution in [3.63, 3.8) is 0 Å². The summed E-state index contributed by atoms with van der Waals surface area (Å²) >= 11 is 0. The molecule has 2 heterocycles. The van der Waals surface area contributed by atoms with Crippen molar-refractivity contribution in [2.24, 2.45) is 0 Å². The Hall–Kier alpha value is -2.58. The van der Waals surface area contributed by atoms with Crippen LogP contribution < -0.4 is 5.32 Å². The van der Waals surface area contributed by atoms with Crippen molar-refractivity contribution < 1.29 is 9.21 Å². The maximum atomic E-state index is 12.3. The van der Waals surface area contributed by atoms with Crippen LogP contribution in [0.25, 0.3) is 0 Å². The van der Waals surface area contributed by atoms with E-state index in [1.807, 2.05) is 12.1 Å². The number of nitrogens with one attached hydrogen (secondary N) is 1. The summed E-state index contributed by atoms with van der Waals surface area (Å²) in [5.41, 5.74) is 0.989. The minimum absolute atomic E-state index is 0.0515. The molecule has 1 aromatic heterocycles. The predicted molar refractivity (Wildman–Crippen MR) is 85.7 cm³/mol. The highest BCUT2D eigenvalue weighted by Gasteiger charge is 2.26. The first-order valence-electron chi connectivity index (χ1n) is 7.84. The molecule has 1 aliphatic rings. The van der Waals surface area contributed by atoms with Crippen molar-refractivity contribution in [3.8, 4) is 6.07 Å². The number of furan rings is 1. The number of amides is 1. The molecule has 1 saturated heterocycles. The van der Waals surface area contributed by atoms with Crippen molar-refractivity contribution in [1.29, 1.82) is 5.26 Å². The summed E-state index contributed by atoms with van der Waals surface area (Å²) in [6.07, 6.45) is 4.02. The molecule has 23 heavy (non-hydrogen) atoms. The first kappa shape index (κ1) is 15.3. The summed E-state index contributed by atoms with van der Waals surface area (Å²) in [7, 11) is 0. The number of carbonyl (C=O) groups is 1. The SMILES string of the molecule is N#Cc1cccc(C(=O)NC[C@H](c2ccco2)N2CCCC2)c1. The molecule has 1 fully saturated rings. The predicted octanol–water partition coefficient (Wildman–Crippen LogP) is 2.72. The fourth-order valence-electron chi connectivity index (χ4n) is 2.97. The fraction of sp³-hybridized carbons (Fsp3) is 0.333. The van der Waals surface area contributed by atoms with Gasteiger partial charge in [-0.25, -0.2) is 0 Å². The van der Waals surface area contributed by atoms with Gasteiger partial charge >= 0.3 is 0 Å². The van der Waals surface area contributed by atoms with Gasteiger partial charge < -0.3 is 9.73 Å². The minimum atomic E-state index is -0.169. The molecule has 118 valence electrons. The quantitative estimate of drug-likeness (QED) is 0.922. The summed E-state index contributed by atoms with van der Waals surface area (Å²) < 4.78 is 5.55. The summed E-state index contributed by atoms with van der Waals surface area (Å²) in [6, 6.07) is 12.7. The number of hydrogen-bond acceptors (Lipinski definition) is 4. The fourth-order valence-corrected chi connectivity index (χ4v) is 2.97. The van der Waals surface area contributed by atoms with Crippen LogP contribution in [0.15, 0.2) is 47.1 Å². The summed E-state index contributed by atoms with van der Waals surface area (Å²) in [4.78, 5) is 14.7. The van der Waals surface area contributed by atoms with E-state index in [4.69, 9.17) is 9.68 Å². The number of hydrogen-bond donors (Lipinski definition) is 1. The van der Waals surface area contributed by atoms with Crippen LogP contribution in [-0.2, 0) is 0 Å². The molecule has 1 atom stereocenters. The number of benzene rings is 1. The van der Waals surface area contributed by atoms with E-state index in [1.165, 1.54) is 12.8 Å². The molecule has 0 aliphatic carbocycles. The second kappa shape index (κ2) is 7.12. The Balaban J connectivity index is 1.68. The third-order valence-electron chi connectivity index (χ3n) is 4.16. The van der Waals surface area contributed by atoms with Crippen LogP contribution in [0.1, 0.15) is 40.6 Å². The van der Waals surface area contributed by atoms with Gasteiger partial charge in [-0.1, -0.05) is 6.07 Å². The van der Waals surface area contributed by atoms with Gasteiger partial charge in [0.1, 0.15) is 5.76 Å². The maximum Gasteiger partial charge on any atom is 0.251 e. The van der Waals surface area contributed by atoms with Gasteiger partial charge in [0.2, 0.25) is 0 Å². The van der Waals surface area contributed by atoms with Crippen molar-refractivity contribution in [3.05, 3.63) is 59.5 Å². The minimum Gasteiger partial charge on any atom is -0.468 e. The molecule has 0 saturated carbocycles. The Kier molecular flexibility index (Phi) is 4.74. The lowest BCUT2D eigenvalue weighted by Crippen LogP contribution is -2.36. The molecule has 5 heteroatoms. The first-order valence-corrected chi connectivity index (χ1v) is 7.84. The second-order valence-corrected chi connectivity index (χ2v) is 5.68. The zero-order chi connectivity index (χ0) is 16.1. The van der Waals surface area contributed by atoms with Crippen molar-refractivity contribution in [2.75, 3.05) is 19.6 Å². The highest BCUT2D eigenvalue weighted by Crippen LogP contribution is 2.25. The third-order valence-corrected chi connectivity index (χ3v) is 4.16. The van der Waals surface area contributed by atoms with Gasteiger partial charge in [-0.3, -0.25) is 9.69 Å². The van der Waals surface area contributed by atoms with Crippen molar-refractivity contribution in [2.45, 2.75) is 18.9 Å². The summed E-state index contributed by atoms with van der Waals surface area (Å²) in [6.45, 7) is 2.53. The van der Waals surface area contributed by atoms with E-state index in [9.17, 15) is 4.79 Å². The van der Waals surface area contributed by atoms with Gasteiger partial charge in [-0.2, -0.15) is 5.26 Å². The Morgan fingerprint density at radius 3 is 2.83 bits per heavy atom. The standard InChI is InChI=1S/C18H19N3O2/c19-12-14-5-3-6-15(11-14)18(22)20-13-16(17-7-4-10-23-17)21-8-1-2-9-21/h3-7,10-11,16H,1-2,8-9,13H2,(H,20,22)/t16-/m1/s1. The highest BCUT2D eigenvalue weighted by atomic mass is 16.3. The van der Waals surface area contributed by atoms with Crippen LogP contribution in [-0.4, -0.2) is 30.4 Å². The second-order valence-electron chi connectivity index (χ2n) is 5.68. The van der Waals surface area contributed by atoms with Crippen LogP contribution in [0.5, 0.6) is 0 Å². The molecule has 0 radical (unpaired) electrons. The molecule has 2 aromatic rings. The van der Waals surface area contributed by atoms with E-state index in [-0.39, 0.29) is 11.9 Å². The Bertz CT molecular complexity index is 697. The number of rotatable bonds is 5. The lowest BCUT2D eigenvalue weighted by molar-refractivity contribution is 0.0933. The number of likely N-dealkylation sites (tertiary alicyclic amines) is 1. The lowest BCUT2D eigenvalue weighted by atomic mass is 10.1. The zero-order valence-corrected chi connectivity index (χ0v) is 12.9. The van der Waals surface area contributed by atoms with Gasteiger partial charge in [0.25, 0.3) is 5.91 Å². The topological polar surface area (TPSA) is 69.3 Å². The van der Waals surface area contributed by atoms with E-state index < -0.39 is 0 Å². The van der Waals surface area contributed by atoms with Gasteiger partial charge in [0, 0.05) is 12.1 Å². The summed E-state index contributed by atoms with van der Waals surface area (Å²) in [5.74, 6) is 0.704. The van der Waals surface area contributed by atoms with Gasteiger partial charge in [-0.05, 0) is 56.3 Å². The van der Waals surface area contributed by atoms with Crippen LogP contribution in [0.2, 0.25) is 0 Å². The molecule has 3 rings (SSSR count). The molecular formula is C18H19N3O2. The number of nitrogens with zero attached hydrogens (tertiary/aromatic N) is 2. The van der Waals surface area contributed by atoms with Crippen molar-refractivity contribution in [1.82, 2.24) is 10.2 Å². The molecule has 1 amide bonds. The van der Waals surface area contributed by atoms with E-state index in [1.54, 1.807) is 30.5 Å². The smallest absolute Gasteiger partial charge is 0.251 e. The molecule has 0 unspecified atom stereocenters. The third kappa shape index (κ3) is 3.61. The van der Waals surface area contributed by atoms with Crippen LogP contribution in [0.3, 0.4) is 0 Å². The number of nitriles is 1. The van der Waals surface area contributed by atoms with E-state index in [0.717, 1.165) is 18.8 Å². The molecule has 0 spiro atoms. The Morgan fingerprint density at radius 2 is 2.13 bits per heavy atom. The average Bonchev–Trinajstić information content (AvgIpc) is 3.29. The van der Waals surface area contributed by atoms with E-state index in [0.29, 0.717) is 17.7 Å². The van der Waals surface area contributed by atoms with Gasteiger partial charge in [0.15, 0.2) is 0 Å². The number of carbonyl (C=O) groups excluding carboxylic acids is 1. The zero-order valence-electron chi connectivity index (χ0n) is 12.9. The van der Waals surface area contributed by atoms with Gasteiger partial charge in [-0.15, -0.1) is 0 Å². The summed E-state index contributed by atoms with van der Waals surface area (Å²) in [5, 5.41) is 11.9. The molecule has 1 aliphatic heterocycles. The van der Waals surface area contributed by atoms with Gasteiger partial charge in [0.05, 0.1) is 23.9 Å².